The minimum Gasteiger partial charge on any atom is -0.496 e. The Kier molecular flexibility index (Phi) is 5.23. The maximum Gasteiger partial charge on any atom is 0.241 e. The summed E-state index contributed by atoms with van der Waals surface area (Å²) in [5.41, 5.74) is 0.878. The lowest BCUT2D eigenvalue weighted by Crippen LogP contribution is -2.18. The minimum atomic E-state index is -3.48. The number of hydrogen-bond acceptors (Lipinski definition) is 5. The molecular formula is C14H16ClN3O3S. The van der Waals surface area contributed by atoms with Crippen LogP contribution in [0.5, 0.6) is 5.75 Å². The zero-order valence-electron chi connectivity index (χ0n) is 12.1. The van der Waals surface area contributed by atoms with Crippen molar-refractivity contribution in [3.63, 3.8) is 0 Å². The van der Waals surface area contributed by atoms with Gasteiger partial charge in [-0.2, -0.15) is 0 Å². The van der Waals surface area contributed by atoms with E-state index in [0.29, 0.717) is 23.1 Å². The molecule has 1 aromatic heterocycles. The van der Waals surface area contributed by atoms with Crippen LogP contribution in [0.3, 0.4) is 0 Å². The fourth-order valence-corrected chi connectivity index (χ4v) is 2.70. The highest BCUT2D eigenvalue weighted by Gasteiger charge is 2.11. The smallest absolute Gasteiger partial charge is 0.241 e. The van der Waals surface area contributed by atoms with Crippen LogP contribution in [0.2, 0.25) is 5.02 Å². The normalized spacial score (nSPS) is 11.2. The average molecular weight is 342 g/mol. The van der Waals surface area contributed by atoms with E-state index in [1.165, 1.54) is 19.3 Å². The number of hydrogen-bond donors (Lipinski definition) is 2. The van der Waals surface area contributed by atoms with E-state index < -0.39 is 10.0 Å². The first-order valence-electron chi connectivity index (χ1n) is 6.42. The molecule has 0 amide bonds. The number of sulfonamides is 1. The van der Waals surface area contributed by atoms with E-state index in [0.717, 1.165) is 5.56 Å². The fourth-order valence-electron chi connectivity index (χ4n) is 1.83. The first-order chi connectivity index (χ1) is 10.5. The van der Waals surface area contributed by atoms with Crippen molar-refractivity contribution in [3.8, 4) is 5.75 Å². The van der Waals surface area contributed by atoms with Crippen molar-refractivity contribution in [2.75, 3.05) is 19.5 Å². The fraction of sp³-hybridized carbons (Fsp3) is 0.214. The van der Waals surface area contributed by atoms with Gasteiger partial charge in [0.15, 0.2) is 0 Å². The molecule has 2 N–H and O–H groups in total. The molecule has 0 bridgehead atoms. The molecule has 22 heavy (non-hydrogen) atoms. The second kappa shape index (κ2) is 6.95. The summed E-state index contributed by atoms with van der Waals surface area (Å²) in [6.07, 6.45) is 1.30. The molecule has 0 spiro atoms. The summed E-state index contributed by atoms with van der Waals surface area (Å²) in [5, 5.41) is 3.71. The number of halogens is 1. The molecule has 0 fully saturated rings. The van der Waals surface area contributed by atoms with Crippen LogP contribution in [0, 0.1) is 0 Å². The van der Waals surface area contributed by atoms with Gasteiger partial charge in [-0.05, 0) is 37.4 Å². The maximum atomic E-state index is 11.6. The molecule has 1 aromatic carbocycles. The molecule has 8 heteroatoms. The summed E-state index contributed by atoms with van der Waals surface area (Å²) in [6, 6.07) is 8.42. The molecule has 0 aliphatic carbocycles. The lowest BCUT2D eigenvalue weighted by molar-refractivity contribution is 0.410. The second-order valence-electron chi connectivity index (χ2n) is 4.40. The van der Waals surface area contributed by atoms with E-state index >= 15 is 0 Å². The third kappa shape index (κ3) is 3.88. The van der Waals surface area contributed by atoms with Crippen LogP contribution in [0.15, 0.2) is 41.4 Å². The maximum absolute atomic E-state index is 11.6. The van der Waals surface area contributed by atoms with Gasteiger partial charge >= 0.3 is 0 Å². The number of aromatic nitrogens is 1. The van der Waals surface area contributed by atoms with Crippen molar-refractivity contribution in [3.05, 3.63) is 47.1 Å². The summed E-state index contributed by atoms with van der Waals surface area (Å²) >= 11 is 5.97. The second-order valence-corrected chi connectivity index (χ2v) is 6.72. The van der Waals surface area contributed by atoms with Crippen molar-refractivity contribution in [1.29, 1.82) is 0 Å². The molecule has 118 valence electrons. The van der Waals surface area contributed by atoms with Crippen LogP contribution in [0.4, 0.5) is 5.82 Å². The van der Waals surface area contributed by atoms with Crippen LogP contribution in [0.1, 0.15) is 5.56 Å². The van der Waals surface area contributed by atoms with Gasteiger partial charge in [0.05, 0.1) is 7.11 Å². The van der Waals surface area contributed by atoms with Gasteiger partial charge in [0.2, 0.25) is 10.0 Å². The van der Waals surface area contributed by atoms with E-state index in [-0.39, 0.29) is 4.90 Å². The van der Waals surface area contributed by atoms with Gasteiger partial charge in [-0.25, -0.2) is 18.1 Å². The summed E-state index contributed by atoms with van der Waals surface area (Å²) < 4.78 is 30.7. The standard InChI is InChI=1S/C14H16ClN3O3S/c1-16-22(19,20)12-4-6-14(18-9-12)17-8-10-7-11(15)3-5-13(10)21-2/h3-7,9,16H,8H2,1-2H3,(H,17,18). The highest BCUT2D eigenvalue weighted by molar-refractivity contribution is 7.89. The number of anilines is 1. The molecule has 2 rings (SSSR count). The molecule has 6 nitrogen and oxygen atoms in total. The predicted octanol–water partition coefficient (Wildman–Crippen LogP) is 2.26. The summed E-state index contributed by atoms with van der Waals surface area (Å²) in [6.45, 7) is 0.453. The molecular weight excluding hydrogens is 326 g/mol. The number of methoxy groups -OCH3 is 1. The van der Waals surface area contributed by atoms with Gasteiger partial charge in [0.25, 0.3) is 0 Å². The van der Waals surface area contributed by atoms with Gasteiger partial charge in [-0.15, -0.1) is 0 Å². The van der Waals surface area contributed by atoms with Gasteiger partial charge in [-0.1, -0.05) is 11.6 Å². The number of ether oxygens (including phenoxy) is 1. The van der Waals surface area contributed by atoms with Crippen molar-refractivity contribution in [1.82, 2.24) is 9.71 Å². The quantitative estimate of drug-likeness (QED) is 0.842. The Morgan fingerprint density at radius 3 is 2.64 bits per heavy atom. The average Bonchev–Trinajstić information content (AvgIpc) is 2.53. The zero-order valence-corrected chi connectivity index (χ0v) is 13.7. The SMILES string of the molecule is CNS(=O)(=O)c1ccc(NCc2cc(Cl)ccc2OC)nc1. The Morgan fingerprint density at radius 1 is 1.27 bits per heavy atom. The van der Waals surface area contributed by atoms with Crippen LogP contribution in [-0.4, -0.2) is 27.6 Å². The monoisotopic (exact) mass is 341 g/mol. The van der Waals surface area contributed by atoms with Crippen molar-refractivity contribution in [2.24, 2.45) is 0 Å². The van der Waals surface area contributed by atoms with E-state index in [1.54, 1.807) is 31.4 Å². The first-order valence-corrected chi connectivity index (χ1v) is 8.28. The number of pyridine rings is 1. The van der Waals surface area contributed by atoms with E-state index in [2.05, 4.69) is 15.0 Å². The Bertz CT molecular complexity index is 748. The van der Waals surface area contributed by atoms with Gasteiger partial charge < -0.3 is 10.1 Å². The van der Waals surface area contributed by atoms with Gasteiger partial charge in [0, 0.05) is 23.3 Å². The molecule has 0 radical (unpaired) electrons. The Morgan fingerprint density at radius 2 is 2.05 bits per heavy atom. The summed E-state index contributed by atoms with van der Waals surface area (Å²) in [4.78, 5) is 4.19. The van der Waals surface area contributed by atoms with E-state index in [9.17, 15) is 8.42 Å². The third-order valence-corrected chi connectivity index (χ3v) is 4.65. The largest absolute Gasteiger partial charge is 0.496 e. The van der Waals surface area contributed by atoms with Gasteiger partial charge in [0.1, 0.15) is 16.5 Å². The van der Waals surface area contributed by atoms with Crippen molar-refractivity contribution in [2.45, 2.75) is 11.4 Å². The lowest BCUT2D eigenvalue weighted by Gasteiger charge is -2.11. The first kappa shape index (κ1) is 16.5. The lowest BCUT2D eigenvalue weighted by atomic mass is 10.2. The van der Waals surface area contributed by atoms with E-state index in [1.807, 2.05) is 0 Å². The van der Waals surface area contributed by atoms with Gasteiger partial charge in [-0.3, -0.25) is 0 Å². The van der Waals surface area contributed by atoms with E-state index in [4.69, 9.17) is 16.3 Å². The molecule has 2 aromatic rings. The number of nitrogens with one attached hydrogen (secondary N) is 2. The Hall–Kier alpha value is -1.83. The Balaban J connectivity index is 2.11. The van der Waals surface area contributed by atoms with Crippen LogP contribution in [0.25, 0.3) is 0 Å². The highest BCUT2D eigenvalue weighted by atomic mass is 35.5. The summed E-state index contributed by atoms with van der Waals surface area (Å²) in [5.74, 6) is 1.27. The zero-order chi connectivity index (χ0) is 16.2. The minimum absolute atomic E-state index is 0.112. The summed E-state index contributed by atoms with van der Waals surface area (Å²) in [7, 11) is -0.536. The predicted molar refractivity (Wildman–Crippen MR) is 85.8 cm³/mol. The molecule has 1 heterocycles. The topological polar surface area (TPSA) is 80.3 Å². The molecule has 0 unspecified atom stereocenters. The number of rotatable bonds is 6. The molecule has 0 saturated carbocycles. The highest BCUT2D eigenvalue weighted by Crippen LogP contribution is 2.23. The number of benzene rings is 1. The Labute approximate surface area is 134 Å². The van der Waals surface area contributed by atoms with Crippen molar-refractivity contribution >= 4 is 27.4 Å². The third-order valence-electron chi connectivity index (χ3n) is 3.02. The molecule has 0 saturated heterocycles. The number of nitrogens with zero attached hydrogens (tertiary/aromatic N) is 1. The van der Waals surface area contributed by atoms with Crippen LogP contribution in [-0.2, 0) is 16.6 Å². The van der Waals surface area contributed by atoms with Crippen molar-refractivity contribution < 1.29 is 13.2 Å². The molecule has 0 aliphatic rings. The van der Waals surface area contributed by atoms with Crippen LogP contribution < -0.4 is 14.8 Å². The molecule has 0 atom stereocenters. The molecule has 0 aliphatic heterocycles. The van der Waals surface area contributed by atoms with Crippen LogP contribution >= 0.6 is 11.6 Å².